The second kappa shape index (κ2) is 9.06. The van der Waals surface area contributed by atoms with Crippen LogP contribution in [0.4, 0.5) is 0 Å². The minimum Gasteiger partial charge on any atom is -0.443 e. The van der Waals surface area contributed by atoms with E-state index in [-0.39, 0.29) is 5.41 Å². The predicted octanol–water partition coefficient (Wildman–Crippen LogP) is 2.51. The van der Waals surface area contributed by atoms with Gasteiger partial charge in [0.05, 0.1) is 6.20 Å². The van der Waals surface area contributed by atoms with Gasteiger partial charge in [0, 0.05) is 18.5 Å². The lowest BCUT2D eigenvalue weighted by molar-refractivity contribution is 0.334. The quantitative estimate of drug-likeness (QED) is 0.455. The highest BCUT2D eigenvalue weighted by Crippen LogP contribution is 2.22. The van der Waals surface area contributed by atoms with Crippen molar-refractivity contribution in [3.05, 3.63) is 17.8 Å². The topological polar surface area (TPSA) is 65.7 Å². The number of rotatable bonds is 7. The molecule has 136 valence electrons. The summed E-state index contributed by atoms with van der Waals surface area (Å²) in [5, 5.41) is 6.67. The van der Waals surface area contributed by atoms with E-state index in [0.29, 0.717) is 12.4 Å². The summed E-state index contributed by atoms with van der Waals surface area (Å²) in [6, 6.07) is 0. The molecule has 1 aliphatic rings. The van der Waals surface area contributed by atoms with E-state index < -0.39 is 0 Å². The molecule has 6 nitrogen and oxygen atoms in total. The first-order chi connectivity index (χ1) is 11.5. The molecule has 1 aromatic rings. The molecule has 1 fully saturated rings. The van der Waals surface area contributed by atoms with Crippen molar-refractivity contribution in [2.75, 3.05) is 32.7 Å². The van der Waals surface area contributed by atoms with Crippen LogP contribution in [0.1, 0.15) is 58.6 Å². The number of likely N-dealkylation sites (tertiary alicyclic amines) is 1. The molecule has 2 rings (SSSR count). The van der Waals surface area contributed by atoms with Crippen molar-refractivity contribution in [3.8, 4) is 0 Å². The summed E-state index contributed by atoms with van der Waals surface area (Å²) in [5.74, 6) is 2.39. The van der Waals surface area contributed by atoms with E-state index in [9.17, 15) is 0 Å². The Morgan fingerprint density at radius 3 is 2.67 bits per heavy atom. The van der Waals surface area contributed by atoms with Gasteiger partial charge in [-0.2, -0.15) is 0 Å². The third-order valence-electron chi connectivity index (χ3n) is 4.15. The molecule has 0 bridgehead atoms. The second-order valence-corrected chi connectivity index (χ2v) is 7.39. The Hall–Kier alpha value is -1.56. The van der Waals surface area contributed by atoms with Gasteiger partial charge in [-0.1, -0.05) is 20.8 Å². The molecule has 0 aliphatic carbocycles. The molecule has 2 heterocycles. The molecule has 0 amide bonds. The van der Waals surface area contributed by atoms with Gasteiger partial charge in [-0.05, 0) is 45.8 Å². The van der Waals surface area contributed by atoms with E-state index in [1.165, 1.54) is 32.5 Å². The number of nitrogens with one attached hydrogen (secondary N) is 2. The van der Waals surface area contributed by atoms with Gasteiger partial charge in [0.25, 0.3) is 0 Å². The first-order valence-electron chi connectivity index (χ1n) is 9.19. The van der Waals surface area contributed by atoms with Crippen molar-refractivity contribution in [2.24, 2.45) is 4.99 Å². The summed E-state index contributed by atoms with van der Waals surface area (Å²) in [5.41, 5.74) is -0.0206. The molecule has 1 aliphatic heterocycles. The summed E-state index contributed by atoms with van der Waals surface area (Å²) in [6.07, 6.45) is 5.65. The normalized spacial score (nSPS) is 16.6. The average Bonchev–Trinajstić information content (AvgIpc) is 3.19. The van der Waals surface area contributed by atoms with Crippen molar-refractivity contribution >= 4 is 5.96 Å². The van der Waals surface area contributed by atoms with Crippen molar-refractivity contribution in [1.29, 1.82) is 0 Å². The number of aromatic nitrogens is 1. The largest absolute Gasteiger partial charge is 0.443 e. The zero-order valence-corrected chi connectivity index (χ0v) is 15.7. The lowest BCUT2D eigenvalue weighted by Crippen LogP contribution is -2.38. The maximum Gasteiger partial charge on any atom is 0.216 e. The number of hydrogen-bond acceptors (Lipinski definition) is 4. The molecule has 0 atom stereocenters. The van der Waals surface area contributed by atoms with Gasteiger partial charge in [-0.3, -0.25) is 0 Å². The van der Waals surface area contributed by atoms with Gasteiger partial charge in [-0.15, -0.1) is 0 Å². The highest BCUT2D eigenvalue weighted by Gasteiger charge is 2.19. The maximum absolute atomic E-state index is 5.79. The van der Waals surface area contributed by atoms with Gasteiger partial charge in [0.2, 0.25) is 5.89 Å². The van der Waals surface area contributed by atoms with Gasteiger partial charge in [-0.25, -0.2) is 9.98 Å². The van der Waals surface area contributed by atoms with Crippen molar-refractivity contribution < 1.29 is 4.42 Å². The second-order valence-electron chi connectivity index (χ2n) is 7.39. The molecule has 0 unspecified atom stereocenters. The Balaban J connectivity index is 1.78. The van der Waals surface area contributed by atoms with Crippen LogP contribution in [0.15, 0.2) is 15.6 Å². The summed E-state index contributed by atoms with van der Waals surface area (Å²) in [4.78, 5) is 11.4. The van der Waals surface area contributed by atoms with Crippen LogP contribution in [0, 0.1) is 0 Å². The highest BCUT2D eigenvalue weighted by molar-refractivity contribution is 5.79. The fourth-order valence-corrected chi connectivity index (χ4v) is 2.73. The Kier molecular flexibility index (Phi) is 7.09. The summed E-state index contributed by atoms with van der Waals surface area (Å²) in [7, 11) is 0. The average molecular weight is 335 g/mol. The summed E-state index contributed by atoms with van der Waals surface area (Å²) < 4.78 is 5.79. The zero-order chi connectivity index (χ0) is 17.4. The molecule has 6 heteroatoms. The van der Waals surface area contributed by atoms with E-state index in [2.05, 4.69) is 53.2 Å². The fraction of sp³-hybridized carbons (Fsp3) is 0.778. The molecule has 1 saturated heterocycles. The van der Waals surface area contributed by atoms with Gasteiger partial charge < -0.3 is 20.0 Å². The molecule has 0 spiro atoms. The van der Waals surface area contributed by atoms with E-state index in [0.717, 1.165) is 31.2 Å². The smallest absolute Gasteiger partial charge is 0.216 e. The van der Waals surface area contributed by atoms with Gasteiger partial charge in [0.1, 0.15) is 12.3 Å². The number of nitrogens with zero attached hydrogens (tertiary/aromatic N) is 3. The van der Waals surface area contributed by atoms with Crippen LogP contribution >= 0.6 is 0 Å². The van der Waals surface area contributed by atoms with Crippen LogP contribution in [-0.4, -0.2) is 48.6 Å². The Labute approximate surface area is 146 Å². The van der Waals surface area contributed by atoms with Gasteiger partial charge in [0.15, 0.2) is 5.96 Å². The first kappa shape index (κ1) is 18.8. The predicted molar refractivity (Wildman–Crippen MR) is 98.3 cm³/mol. The summed E-state index contributed by atoms with van der Waals surface area (Å²) in [6.45, 7) is 14.3. The van der Waals surface area contributed by atoms with Crippen LogP contribution in [0.3, 0.4) is 0 Å². The Bertz CT molecular complexity index is 512. The molecular weight excluding hydrogens is 302 g/mol. The van der Waals surface area contributed by atoms with Crippen molar-refractivity contribution in [3.63, 3.8) is 0 Å². The van der Waals surface area contributed by atoms with Crippen LogP contribution < -0.4 is 10.6 Å². The number of oxazole rings is 1. The molecule has 2 N–H and O–H groups in total. The minimum atomic E-state index is -0.0206. The fourth-order valence-electron chi connectivity index (χ4n) is 2.73. The van der Waals surface area contributed by atoms with Crippen molar-refractivity contribution in [2.45, 2.75) is 58.9 Å². The monoisotopic (exact) mass is 335 g/mol. The third-order valence-corrected chi connectivity index (χ3v) is 4.15. The zero-order valence-electron chi connectivity index (χ0n) is 15.7. The molecular formula is C18H33N5O. The molecule has 0 aromatic carbocycles. The number of hydrogen-bond donors (Lipinski definition) is 2. The van der Waals surface area contributed by atoms with E-state index in [1.807, 2.05) is 0 Å². The molecule has 0 radical (unpaired) electrons. The van der Waals surface area contributed by atoms with Crippen molar-refractivity contribution in [1.82, 2.24) is 20.5 Å². The first-order valence-corrected chi connectivity index (χ1v) is 9.19. The standard InChI is InChI=1S/C18H33N5O/c1-5-19-17(20-9-8-12-23-10-6-7-11-23)22-14-16-21-13-15(24-16)18(2,3)4/h13H,5-12,14H2,1-4H3,(H2,19,20,22). The molecule has 1 aromatic heterocycles. The van der Waals surface area contributed by atoms with Crippen LogP contribution in [0.25, 0.3) is 0 Å². The van der Waals surface area contributed by atoms with E-state index in [1.54, 1.807) is 6.20 Å². The van der Waals surface area contributed by atoms with E-state index >= 15 is 0 Å². The molecule has 24 heavy (non-hydrogen) atoms. The van der Waals surface area contributed by atoms with Gasteiger partial charge >= 0.3 is 0 Å². The minimum absolute atomic E-state index is 0.0206. The van der Waals surface area contributed by atoms with Crippen LogP contribution in [0.5, 0.6) is 0 Å². The number of aliphatic imine (C=N–C) groups is 1. The maximum atomic E-state index is 5.79. The Morgan fingerprint density at radius 1 is 1.29 bits per heavy atom. The Morgan fingerprint density at radius 2 is 2.04 bits per heavy atom. The number of guanidine groups is 1. The van der Waals surface area contributed by atoms with Crippen LogP contribution in [0.2, 0.25) is 0 Å². The third kappa shape index (κ3) is 6.15. The lowest BCUT2D eigenvalue weighted by atomic mass is 9.94. The lowest BCUT2D eigenvalue weighted by Gasteiger charge is -2.15. The highest BCUT2D eigenvalue weighted by atomic mass is 16.4. The SMILES string of the molecule is CCNC(=NCc1ncc(C(C)(C)C)o1)NCCCN1CCCC1. The molecule has 0 saturated carbocycles. The van der Waals surface area contributed by atoms with Crippen LogP contribution in [-0.2, 0) is 12.0 Å². The van der Waals surface area contributed by atoms with E-state index in [4.69, 9.17) is 4.42 Å². The summed E-state index contributed by atoms with van der Waals surface area (Å²) >= 11 is 0.